The van der Waals surface area contributed by atoms with E-state index >= 15 is 0 Å². The number of fused-ring (bicyclic) bond motifs is 1. The minimum atomic E-state index is -0.528. The van der Waals surface area contributed by atoms with E-state index in [0.717, 1.165) is 32.8 Å². The molecule has 6 nitrogen and oxygen atoms in total. The Labute approximate surface area is 220 Å². The highest BCUT2D eigenvalue weighted by Gasteiger charge is 2.28. The van der Waals surface area contributed by atoms with E-state index in [1.54, 1.807) is 11.3 Å². The predicted octanol–water partition coefficient (Wildman–Crippen LogP) is 6.41. The molecule has 3 aromatic carbocycles. The van der Waals surface area contributed by atoms with Crippen LogP contribution in [0, 0.1) is 6.92 Å². The van der Waals surface area contributed by atoms with Gasteiger partial charge in [0, 0.05) is 30.2 Å². The number of amides is 1. The predicted molar refractivity (Wildman–Crippen MR) is 147 cm³/mol. The molecule has 1 amide bonds. The lowest BCUT2D eigenvalue weighted by Gasteiger charge is -2.29. The number of aromatic nitrogens is 1. The Bertz CT molecular complexity index is 1380. The molecule has 4 aromatic rings. The third-order valence-corrected chi connectivity index (χ3v) is 7.37. The van der Waals surface area contributed by atoms with Gasteiger partial charge in [-0.2, -0.15) is 0 Å². The zero-order valence-electron chi connectivity index (χ0n) is 20.7. The number of rotatable bonds is 9. The minimum absolute atomic E-state index is 0.00332. The van der Waals surface area contributed by atoms with E-state index in [-0.39, 0.29) is 24.2 Å². The van der Waals surface area contributed by atoms with Crippen molar-refractivity contribution in [3.05, 3.63) is 95.8 Å². The van der Waals surface area contributed by atoms with E-state index in [1.807, 2.05) is 66.7 Å². The summed E-state index contributed by atoms with van der Waals surface area (Å²) in [7, 11) is 0. The fourth-order valence-corrected chi connectivity index (χ4v) is 5.39. The molecule has 2 N–H and O–H groups in total. The maximum absolute atomic E-state index is 13.2. The Morgan fingerprint density at radius 3 is 2.70 bits per heavy atom. The van der Waals surface area contributed by atoms with Gasteiger partial charge < -0.3 is 19.9 Å². The number of aryl methyl sites for hydroxylation is 1. The summed E-state index contributed by atoms with van der Waals surface area (Å²) < 4.78 is 13.0. The lowest BCUT2D eigenvalue weighted by Crippen LogP contribution is -2.29. The number of thiazole rings is 1. The van der Waals surface area contributed by atoms with Crippen LogP contribution in [0.4, 0.5) is 5.69 Å². The van der Waals surface area contributed by atoms with Gasteiger partial charge in [0.1, 0.15) is 5.01 Å². The molecule has 0 spiro atoms. The Morgan fingerprint density at radius 1 is 1.11 bits per heavy atom. The highest BCUT2D eigenvalue weighted by atomic mass is 32.1. The van der Waals surface area contributed by atoms with E-state index in [2.05, 4.69) is 24.4 Å². The first-order valence-corrected chi connectivity index (χ1v) is 13.4. The molecule has 2 heterocycles. The van der Waals surface area contributed by atoms with Gasteiger partial charge in [-0.15, -0.1) is 11.3 Å². The van der Waals surface area contributed by atoms with E-state index in [0.29, 0.717) is 25.1 Å². The number of nitrogens with zero attached hydrogens (tertiary/aromatic N) is 1. The summed E-state index contributed by atoms with van der Waals surface area (Å²) in [4.78, 5) is 17.9. The molecule has 0 fully saturated rings. The molecule has 7 heteroatoms. The summed E-state index contributed by atoms with van der Waals surface area (Å²) in [6.07, 6.45) is 3.37. The second kappa shape index (κ2) is 11.7. The molecule has 5 rings (SSSR count). The van der Waals surface area contributed by atoms with Crippen molar-refractivity contribution in [2.45, 2.75) is 38.4 Å². The number of aliphatic hydroxyl groups excluding tert-OH is 1. The molecule has 0 saturated heterocycles. The Hall–Kier alpha value is -3.52. The third-order valence-electron chi connectivity index (χ3n) is 6.30. The monoisotopic (exact) mass is 514 g/mol. The lowest BCUT2D eigenvalue weighted by molar-refractivity contribution is -0.143. The van der Waals surface area contributed by atoms with Crippen LogP contribution in [0.15, 0.2) is 84.6 Å². The van der Waals surface area contributed by atoms with Crippen LogP contribution in [-0.4, -0.2) is 35.5 Å². The van der Waals surface area contributed by atoms with Gasteiger partial charge in [0.05, 0.1) is 16.8 Å². The molecular weight excluding hydrogens is 484 g/mol. The number of nitrogens with one attached hydrogen (secondary N) is 1. The summed E-state index contributed by atoms with van der Waals surface area (Å²) in [6.45, 7) is 2.68. The number of aliphatic hydroxyl groups is 1. The Kier molecular flexibility index (Phi) is 7.94. The summed E-state index contributed by atoms with van der Waals surface area (Å²) in [6, 6.07) is 24.0. The topological polar surface area (TPSA) is 80.7 Å². The van der Waals surface area contributed by atoms with Crippen LogP contribution in [0.3, 0.4) is 0 Å². The van der Waals surface area contributed by atoms with Gasteiger partial charge in [-0.05, 0) is 73.4 Å². The van der Waals surface area contributed by atoms with Crippen LogP contribution >= 0.6 is 11.3 Å². The normalized spacial score (nSPS) is 17.3. The largest absolute Gasteiger partial charge is 0.459 e. The van der Waals surface area contributed by atoms with Crippen molar-refractivity contribution in [2.75, 3.05) is 18.5 Å². The number of unbranched alkanes of at least 4 members (excludes halogenated alkanes) is 1. The summed E-state index contributed by atoms with van der Waals surface area (Å²) in [5.74, 6) is -0.0609. The molecule has 0 bridgehead atoms. The molecule has 37 heavy (non-hydrogen) atoms. The van der Waals surface area contributed by atoms with Crippen LogP contribution in [-0.2, 0) is 14.3 Å². The quantitative estimate of drug-likeness (QED) is 0.252. The van der Waals surface area contributed by atoms with Crippen LogP contribution in [0.25, 0.3) is 20.8 Å². The van der Waals surface area contributed by atoms with Crippen LogP contribution in [0.2, 0.25) is 0 Å². The van der Waals surface area contributed by atoms with E-state index in [4.69, 9.17) is 19.6 Å². The van der Waals surface area contributed by atoms with Gasteiger partial charge in [-0.1, -0.05) is 36.4 Å². The van der Waals surface area contributed by atoms with Gasteiger partial charge in [0.15, 0.2) is 5.76 Å². The Balaban J connectivity index is 1.29. The molecule has 190 valence electrons. The summed E-state index contributed by atoms with van der Waals surface area (Å²) in [5.41, 5.74) is 5.00. The highest BCUT2D eigenvalue weighted by Crippen LogP contribution is 2.33. The van der Waals surface area contributed by atoms with E-state index < -0.39 is 6.29 Å². The number of ether oxygens (including phenoxy) is 2. The van der Waals surface area contributed by atoms with Gasteiger partial charge >= 0.3 is 0 Å². The standard InChI is InChI=1S/C30H30N2O4S/c1-20-9-14-25-27(17-20)37-30(32-25)22-10-12-24(13-11-22)31-29(34)26-18-23(21-7-3-2-4-8-21)19-28(36-26)35-16-6-5-15-33/h2-4,7-14,17-18,23,28,33H,5-6,15-16,19H2,1H3,(H,31,34). The molecule has 0 saturated carbocycles. The van der Waals surface area contributed by atoms with Crippen molar-refractivity contribution in [1.29, 1.82) is 0 Å². The van der Waals surface area contributed by atoms with Crippen LogP contribution in [0.5, 0.6) is 0 Å². The number of carbonyl (C=O) groups is 1. The van der Waals surface area contributed by atoms with Crippen molar-refractivity contribution in [3.8, 4) is 10.6 Å². The number of carbonyl (C=O) groups excluding carboxylic acids is 1. The molecule has 1 aliphatic heterocycles. The zero-order chi connectivity index (χ0) is 25.6. The van der Waals surface area contributed by atoms with Crippen LogP contribution < -0.4 is 5.32 Å². The molecule has 2 unspecified atom stereocenters. The maximum atomic E-state index is 13.2. The van der Waals surface area contributed by atoms with Gasteiger partial charge in [-0.3, -0.25) is 4.79 Å². The number of anilines is 1. The highest BCUT2D eigenvalue weighted by molar-refractivity contribution is 7.21. The number of benzene rings is 3. The van der Waals surface area contributed by atoms with Gasteiger partial charge in [-0.25, -0.2) is 4.98 Å². The molecule has 2 atom stereocenters. The number of hydrogen-bond donors (Lipinski definition) is 2. The molecule has 1 aromatic heterocycles. The fraction of sp³-hybridized carbons (Fsp3) is 0.267. The van der Waals surface area contributed by atoms with Crippen LogP contribution in [0.1, 0.15) is 36.3 Å². The second-order valence-corrected chi connectivity index (χ2v) is 10.2. The van der Waals surface area contributed by atoms with Crippen molar-refractivity contribution in [1.82, 2.24) is 4.98 Å². The fourth-order valence-electron chi connectivity index (χ4n) is 4.32. The first-order valence-electron chi connectivity index (χ1n) is 12.5. The first-order chi connectivity index (χ1) is 18.1. The number of hydrogen-bond acceptors (Lipinski definition) is 6. The summed E-state index contributed by atoms with van der Waals surface area (Å²) >= 11 is 1.66. The first kappa shape index (κ1) is 25.1. The van der Waals surface area contributed by atoms with Crippen molar-refractivity contribution in [3.63, 3.8) is 0 Å². The van der Waals surface area contributed by atoms with Gasteiger partial charge in [0.2, 0.25) is 6.29 Å². The smallest absolute Gasteiger partial charge is 0.290 e. The molecule has 1 aliphatic rings. The lowest BCUT2D eigenvalue weighted by atomic mass is 9.93. The molecule has 0 radical (unpaired) electrons. The van der Waals surface area contributed by atoms with Crippen molar-refractivity contribution >= 4 is 33.1 Å². The number of allylic oxidation sites excluding steroid dienone is 1. The van der Waals surface area contributed by atoms with Crippen molar-refractivity contribution < 1.29 is 19.4 Å². The van der Waals surface area contributed by atoms with Gasteiger partial charge in [0.25, 0.3) is 5.91 Å². The average molecular weight is 515 g/mol. The van der Waals surface area contributed by atoms with E-state index in [1.165, 1.54) is 5.56 Å². The summed E-state index contributed by atoms with van der Waals surface area (Å²) in [5, 5.41) is 12.9. The van der Waals surface area contributed by atoms with E-state index in [9.17, 15) is 4.79 Å². The maximum Gasteiger partial charge on any atom is 0.290 e. The minimum Gasteiger partial charge on any atom is -0.459 e. The third kappa shape index (κ3) is 6.25. The second-order valence-electron chi connectivity index (χ2n) is 9.15. The SMILES string of the molecule is Cc1ccc2nc(-c3ccc(NC(=O)C4=CC(c5ccccc5)CC(OCCCCO)O4)cc3)sc2c1. The Morgan fingerprint density at radius 2 is 1.92 bits per heavy atom. The molecular formula is C30H30N2O4S. The zero-order valence-corrected chi connectivity index (χ0v) is 21.5. The average Bonchev–Trinajstić information content (AvgIpc) is 3.35. The molecule has 0 aliphatic carbocycles. The van der Waals surface area contributed by atoms with Crippen molar-refractivity contribution in [2.24, 2.45) is 0 Å².